The lowest BCUT2D eigenvalue weighted by Gasteiger charge is -2.48. The van der Waals surface area contributed by atoms with Gasteiger partial charge >= 0.3 is 0 Å². The van der Waals surface area contributed by atoms with Gasteiger partial charge in [-0.1, -0.05) is 29.8 Å². The predicted molar refractivity (Wildman–Crippen MR) is 50.2 cm³/mol. The van der Waals surface area contributed by atoms with Gasteiger partial charge in [0.1, 0.15) is 0 Å². The summed E-state index contributed by atoms with van der Waals surface area (Å²) in [6.45, 7) is 4.47. The topological polar surface area (TPSA) is 17.1 Å². The maximum absolute atomic E-state index is 12.0. The molecule has 2 heteroatoms. The van der Waals surface area contributed by atoms with Gasteiger partial charge in [0.05, 0.1) is 4.32 Å². The van der Waals surface area contributed by atoms with Crippen molar-refractivity contribution in [1.29, 1.82) is 0 Å². The van der Waals surface area contributed by atoms with Crippen LogP contribution in [0.15, 0.2) is 0 Å². The second kappa shape index (κ2) is 1.56. The normalized spacial score (nSPS) is 66.9. The van der Waals surface area contributed by atoms with Crippen molar-refractivity contribution in [2.75, 3.05) is 0 Å². The first-order chi connectivity index (χ1) is 5.45. The van der Waals surface area contributed by atoms with Gasteiger partial charge in [-0.3, -0.25) is 4.79 Å². The smallest absolute Gasteiger partial charge is 0.156 e. The van der Waals surface area contributed by atoms with Crippen LogP contribution in [0.1, 0.15) is 33.1 Å². The molecule has 4 saturated carbocycles. The molecule has 0 aromatic rings. The van der Waals surface area contributed by atoms with Crippen molar-refractivity contribution in [3.63, 3.8) is 0 Å². The quantitative estimate of drug-likeness (QED) is 0.583. The molecule has 4 aliphatic rings. The third kappa shape index (κ3) is 0.417. The molecule has 12 heavy (non-hydrogen) atoms. The summed E-state index contributed by atoms with van der Waals surface area (Å²) in [5, 5.41) is 0. The van der Waals surface area contributed by atoms with E-state index in [2.05, 4.69) is 29.8 Å². The van der Waals surface area contributed by atoms with Crippen LogP contribution in [0.4, 0.5) is 0 Å². The molecule has 1 nitrogen and oxygen atoms in total. The SMILES string of the molecule is C[C@@]12CC[C@@H]3[C@]1(C)C[C@]3(Br)C2=O. The lowest BCUT2D eigenvalue weighted by atomic mass is 9.60. The Morgan fingerprint density at radius 2 is 2.17 bits per heavy atom. The van der Waals surface area contributed by atoms with Crippen LogP contribution < -0.4 is 0 Å². The fourth-order valence-corrected chi connectivity index (χ4v) is 5.82. The van der Waals surface area contributed by atoms with E-state index >= 15 is 0 Å². The van der Waals surface area contributed by atoms with Gasteiger partial charge < -0.3 is 0 Å². The van der Waals surface area contributed by atoms with Crippen LogP contribution in [-0.4, -0.2) is 10.1 Å². The molecule has 0 aromatic heterocycles. The standard InChI is InChI=1S/C10H13BrO/c1-8-4-3-6-9(8,2)5-10(6,11)7(8)12/h6H,3-5H2,1-2H3/t6-,8+,9+,10-/m1/s1. The van der Waals surface area contributed by atoms with Gasteiger partial charge in [0.15, 0.2) is 5.78 Å². The highest BCUT2D eigenvalue weighted by molar-refractivity contribution is 9.10. The van der Waals surface area contributed by atoms with Crippen LogP contribution in [0.3, 0.4) is 0 Å². The molecule has 0 heterocycles. The van der Waals surface area contributed by atoms with E-state index in [0.717, 1.165) is 12.8 Å². The van der Waals surface area contributed by atoms with Gasteiger partial charge in [-0.15, -0.1) is 0 Å². The van der Waals surface area contributed by atoms with Crippen LogP contribution in [0, 0.1) is 16.7 Å². The Labute approximate surface area is 81.0 Å². The van der Waals surface area contributed by atoms with E-state index in [1.165, 1.54) is 6.42 Å². The molecular formula is C10H13BrO. The molecule has 4 atom stereocenters. The van der Waals surface area contributed by atoms with Crippen molar-refractivity contribution in [2.45, 2.75) is 37.4 Å². The molecule has 4 fully saturated rings. The number of halogens is 1. The van der Waals surface area contributed by atoms with Crippen LogP contribution in [0.25, 0.3) is 0 Å². The molecule has 0 aromatic carbocycles. The fraction of sp³-hybridized carbons (Fsp3) is 0.900. The van der Waals surface area contributed by atoms with Gasteiger partial charge in [0.2, 0.25) is 0 Å². The zero-order valence-electron chi connectivity index (χ0n) is 7.48. The lowest BCUT2D eigenvalue weighted by molar-refractivity contribution is -0.126. The van der Waals surface area contributed by atoms with Crippen LogP contribution in [0.2, 0.25) is 0 Å². The summed E-state index contributed by atoms with van der Waals surface area (Å²) in [7, 11) is 0. The maximum Gasteiger partial charge on any atom is 0.156 e. The van der Waals surface area contributed by atoms with E-state index in [9.17, 15) is 4.79 Å². The van der Waals surface area contributed by atoms with Gasteiger partial charge in [-0.2, -0.15) is 0 Å². The number of hydrogen-bond donors (Lipinski definition) is 0. The van der Waals surface area contributed by atoms with Gasteiger partial charge in [0, 0.05) is 5.41 Å². The summed E-state index contributed by atoms with van der Waals surface area (Å²) in [5.41, 5.74) is 0.356. The highest BCUT2D eigenvalue weighted by Crippen LogP contribution is 2.81. The first-order valence-electron chi connectivity index (χ1n) is 4.69. The molecule has 0 N–H and O–H groups in total. The molecule has 4 rings (SSSR count). The number of ketones is 1. The molecule has 0 saturated heterocycles. The number of Topliss-reactive ketones (excluding diaryl/α,β-unsaturated/α-hetero) is 1. The minimum atomic E-state index is -0.0885. The van der Waals surface area contributed by atoms with Crippen molar-refractivity contribution in [2.24, 2.45) is 16.7 Å². The summed E-state index contributed by atoms with van der Waals surface area (Å²) in [6, 6.07) is 0. The van der Waals surface area contributed by atoms with Crippen molar-refractivity contribution in [3.8, 4) is 0 Å². The lowest BCUT2D eigenvalue weighted by Crippen LogP contribution is -2.49. The highest BCUT2D eigenvalue weighted by atomic mass is 79.9. The third-order valence-corrected chi connectivity index (χ3v) is 6.21. The summed E-state index contributed by atoms with van der Waals surface area (Å²) >= 11 is 3.65. The average Bonchev–Trinajstić information content (AvgIpc) is 2.30. The predicted octanol–water partition coefficient (Wildman–Crippen LogP) is 2.53. The fourth-order valence-electron chi connectivity index (χ4n) is 4.07. The van der Waals surface area contributed by atoms with Crippen molar-refractivity contribution in [1.82, 2.24) is 0 Å². The summed E-state index contributed by atoms with van der Waals surface area (Å²) in [5.74, 6) is 1.14. The molecule has 0 unspecified atom stereocenters. The Bertz CT molecular complexity index is 300. The first-order valence-corrected chi connectivity index (χ1v) is 5.48. The summed E-state index contributed by atoms with van der Waals surface area (Å²) in [4.78, 5) is 12.0. The van der Waals surface area contributed by atoms with Crippen LogP contribution in [0.5, 0.6) is 0 Å². The Kier molecular flexibility index (Phi) is 0.980. The number of hydrogen-bond acceptors (Lipinski definition) is 1. The molecule has 4 aliphatic carbocycles. The minimum absolute atomic E-state index is 0.0150. The monoisotopic (exact) mass is 228 g/mol. The van der Waals surface area contributed by atoms with Gasteiger partial charge in [-0.05, 0) is 30.6 Å². The molecule has 0 aliphatic heterocycles. The second-order valence-electron chi connectivity index (χ2n) is 5.21. The van der Waals surface area contributed by atoms with E-state index < -0.39 is 0 Å². The third-order valence-electron chi connectivity index (χ3n) is 5.02. The molecular weight excluding hydrogens is 216 g/mol. The zero-order valence-corrected chi connectivity index (χ0v) is 9.07. The zero-order chi connectivity index (χ0) is 8.78. The van der Waals surface area contributed by atoms with Crippen LogP contribution in [-0.2, 0) is 4.79 Å². The average molecular weight is 229 g/mol. The molecule has 0 spiro atoms. The van der Waals surface area contributed by atoms with E-state index in [1.54, 1.807) is 0 Å². The number of rotatable bonds is 0. The van der Waals surface area contributed by atoms with E-state index in [4.69, 9.17) is 0 Å². The molecule has 4 bridgehead atoms. The number of alkyl halides is 1. The molecule has 0 radical (unpaired) electrons. The number of carbonyl (C=O) groups is 1. The van der Waals surface area contributed by atoms with Crippen molar-refractivity contribution in [3.05, 3.63) is 0 Å². The van der Waals surface area contributed by atoms with Crippen molar-refractivity contribution < 1.29 is 4.79 Å². The summed E-state index contributed by atoms with van der Waals surface area (Å²) in [6.07, 6.45) is 3.46. The maximum atomic E-state index is 12.0. The van der Waals surface area contributed by atoms with Gasteiger partial charge in [0.25, 0.3) is 0 Å². The largest absolute Gasteiger partial charge is 0.297 e. The van der Waals surface area contributed by atoms with E-state index in [-0.39, 0.29) is 9.74 Å². The van der Waals surface area contributed by atoms with Crippen molar-refractivity contribution >= 4 is 21.7 Å². The van der Waals surface area contributed by atoms with Crippen LogP contribution >= 0.6 is 15.9 Å². The summed E-state index contributed by atoms with van der Waals surface area (Å²) < 4.78 is -0.0885. The second-order valence-corrected chi connectivity index (χ2v) is 6.62. The molecule has 0 amide bonds. The Balaban J connectivity index is 2.24. The first kappa shape index (κ1) is 7.54. The van der Waals surface area contributed by atoms with E-state index in [0.29, 0.717) is 17.1 Å². The van der Waals surface area contributed by atoms with E-state index in [1.807, 2.05) is 0 Å². The minimum Gasteiger partial charge on any atom is -0.297 e. The molecule has 66 valence electrons. The Morgan fingerprint density at radius 1 is 1.50 bits per heavy atom. The number of carbonyl (C=O) groups excluding carboxylic acids is 1. The Hall–Kier alpha value is 0.150. The van der Waals surface area contributed by atoms with Gasteiger partial charge in [-0.25, -0.2) is 0 Å². The highest BCUT2D eigenvalue weighted by Gasteiger charge is 2.82. The Morgan fingerprint density at radius 3 is 2.50 bits per heavy atom.